The van der Waals surface area contributed by atoms with E-state index in [0.717, 1.165) is 5.82 Å². The molecule has 1 N–H and O–H groups in total. The molecule has 17 heavy (non-hydrogen) atoms. The summed E-state index contributed by atoms with van der Waals surface area (Å²) in [7, 11) is 0. The fraction of sp³-hybridized carbons (Fsp3) is 0.571. The van der Waals surface area contributed by atoms with Gasteiger partial charge in [0.05, 0.1) is 11.6 Å². The third-order valence-electron chi connectivity index (χ3n) is 3.58. The van der Waals surface area contributed by atoms with Crippen LogP contribution < -0.4 is 5.32 Å². The van der Waals surface area contributed by atoms with E-state index in [0.29, 0.717) is 17.0 Å². The first kappa shape index (κ1) is 11.9. The summed E-state index contributed by atoms with van der Waals surface area (Å²) in [4.78, 5) is 4.26. The highest BCUT2D eigenvalue weighted by Crippen LogP contribution is 2.35. The van der Waals surface area contributed by atoms with Crippen molar-refractivity contribution in [2.75, 3.05) is 5.32 Å². The SMILES string of the molecule is CC1(C)CCC(Nc2cc(C#N)ccn2)CC1. The quantitative estimate of drug-likeness (QED) is 0.846. The van der Waals surface area contributed by atoms with Crippen LogP contribution in [-0.2, 0) is 0 Å². The maximum Gasteiger partial charge on any atom is 0.127 e. The first-order valence-electron chi connectivity index (χ1n) is 6.22. The molecule has 1 aromatic heterocycles. The molecule has 0 aliphatic heterocycles. The van der Waals surface area contributed by atoms with Crippen molar-refractivity contribution >= 4 is 5.82 Å². The molecule has 1 aliphatic carbocycles. The summed E-state index contributed by atoms with van der Waals surface area (Å²) in [5, 5.41) is 12.3. The zero-order chi connectivity index (χ0) is 12.3. The lowest BCUT2D eigenvalue weighted by Crippen LogP contribution is -2.30. The van der Waals surface area contributed by atoms with E-state index in [4.69, 9.17) is 5.26 Å². The van der Waals surface area contributed by atoms with Crippen molar-refractivity contribution in [3.05, 3.63) is 23.9 Å². The second-order valence-corrected chi connectivity index (χ2v) is 5.62. The molecule has 0 amide bonds. The zero-order valence-corrected chi connectivity index (χ0v) is 10.5. The lowest BCUT2D eigenvalue weighted by Gasteiger charge is -2.34. The van der Waals surface area contributed by atoms with Gasteiger partial charge in [-0.2, -0.15) is 5.26 Å². The number of nitriles is 1. The summed E-state index contributed by atoms with van der Waals surface area (Å²) in [5.41, 5.74) is 1.15. The van der Waals surface area contributed by atoms with Crippen molar-refractivity contribution in [2.45, 2.75) is 45.6 Å². The molecule has 0 aromatic carbocycles. The van der Waals surface area contributed by atoms with E-state index in [9.17, 15) is 0 Å². The van der Waals surface area contributed by atoms with Crippen LogP contribution in [0.4, 0.5) is 5.82 Å². The number of anilines is 1. The van der Waals surface area contributed by atoms with E-state index >= 15 is 0 Å². The van der Waals surface area contributed by atoms with E-state index in [2.05, 4.69) is 30.2 Å². The first-order chi connectivity index (χ1) is 8.09. The number of nitrogens with zero attached hydrogens (tertiary/aromatic N) is 2. The fourth-order valence-electron chi connectivity index (χ4n) is 2.33. The van der Waals surface area contributed by atoms with Crippen molar-refractivity contribution in [1.29, 1.82) is 5.26 Å². The van der Waals surface area contributed by atoms with Crippen LogP contribution in [0.1, 0.15) is 45.1 Å². The zero-order valence-electron chi connectivity index (χ0n) is 10.5. The molecule has 1 aliphatic rings. The molecule has 3 nitrogen and oxygen atoms in total. The van der Waals surface area contributed by atoms with Gasteiger partial charge in [-0.1, -0.05) is 13.8 Å². The Bertz CT molecular complexity index is 421. The monoisotopic (exact) mass is 229 g/mol. The highest BCUT2D eigenvalue weighted by molar-refractivity contribution is 5.43. The molecular formula is C14H19N3. The summed E-state index contributed by atoms with van der Waals surface area (Å²) in [6.45, 7) is 4.66. The van der Waals surface area contributed by atoms with E-state index in [1.807, 2.05) is 6.07 Å². The van der Waals surface area contributed by atoms with Gasteiger partial charge in [-0.3, -0.25) is 0 Å². The van der Waals surface area contributed by atoms with Crippen molar-refractivity contribution < 1.29 is 0 Å². The van der Waals surface area contributed by atoms with E-state index in [1.54, 1.807) is 12.3 Å². The lowest BCUT2D eigenvalue weighted by atomic mass is 9.75. The van der Waals surface area contributed by atoms with Gasteiger partial charge >= 0.3 is 0 Å². The van der Waals surface area contributed by atoms with Gasteiger partial charge in [0.1, 0.15) is 5.82 Å². The summed E-state index contributed by atoms with van der Waals surface area (Å²) < 4.78 is 0. The summed E-state index contributed by atoms with van der Waals surface area (Å²) in [6.07, 6.45) is 6.57. The van der Waals surface area contributed by atoms with E-state index in [1.165, 1.54) is 25.7 Å². The molecule has 0 unspecified atom stereocenters. The molecule has 90 valence electrons. The van der Waals surface area contributed by atoms with Gasteiger partial charge in [0.15, 0.2) is 0 Å². The number of hydrogen-bond acceptors (Lipinski definition) is 3. The van der Waals surface area contributed by atoms with E-state index < -0.39 is 0 Å². The normalized spacial score (nSPS) is 19.6. The number of hydrogen-bond donors (Lipinski definition) is 1. The Morgan fingerprint density at radius 2 is 2.12 bits per heavy atom. The summed E-state index contributed by atoms with van der Waals surface area (Å²) in [5.74, 6) is 0.828. The molecule has 1 saturated carbocycles. The van der Waals surface area contributed by atoms with Crippen LogP contribution in [0, 0.1) is 16.7 Å². The van der Waals surface area contributed by atoms with Gasteiger partial charge in [0.2, 0.25) is 0 Å². The molecule has 0 bridgehead atoms. The van der Waals surface area contributed by atoms with Crippen LogP contribution in [0.2, 0.25) is 0 Å². The second kappa shape index (κ2) is 4.75. The highest BCUT2D eigenvalue weighted by atomic mass is 15.0. The molecule has 0 saturated heterocycles. The minimum Gasteiger partial charge on any atom is -0.367 e. The van der Waals surface area contributed by atoms with Crippen LogP contribution in [0.15, 0.2) is 18.3 Å². The molecule has 2 rings (SSSR count). The highest BCUT2D eigenvalue weighted by Gasteiger charge is 2.26. The number of pyridine rings is 1. The third kappa shape index (κ3) is 3.20. The van der Waals surface area contributed by atoms with E-state index in [-0.39, 0.29) is 0 Å². The average molecular weight is 229 g/mol. The third-order valence-corrected chi connectivity index (χ3v) is 3.58. The van der Waals surface area contributed by atoms with Crippen molar-refractivity contribution in [2.24, 2.45) is 5.41 Å². The molecule has 1 aromatic rings. The van der Waals surface area contributed by atoms with Gasteiger partial charge in [-0.15, -0.1) is 0 Å². The topological polar surface area (TPSA) is 48.7 Å². The smallest absolute Gasteiger partial charge is 0.127 e. The molecule has 0 spiro atoms. The van der Waals surface area contributed by atoms with Gasteiger partial charge in [0, 0.05) is 12.2 Å². The van der Waals surface area contributed by atoms with Crippen LogP contribution in [0.5, 0.6) is 0 Å². The lowest BCUT2D eigenvalue weighted by molar-refractivity contribution is 0.232. The van der Waals surface area contributed by atoms with Gasteiger partial charge < -0.3 is 5.32 Å². The van der Waals surface area contributed by atoms with Crippen LogP contribution in [0.25, 0.3) is 0 Å². The van der Waals surface area contributed by atoms with Crippen molar-refractivity contribution in [3.8, 4) is 6.07 Å². The summed E-state index contributed by atoms with van der Waals surface area (Å²) in [6, 6.07) is 6.19. The Hall–Kier alpha value is -1.56. The van der Waals surface area contributed by atoms with Crippen LogP contribution in [-0.4, -0.2) is 11.0 Å². The Kier molecular flexibility index (Phi) is 3.33. The fourth-order valence-corrected chi connectivity index (χ4v) is 2.33. The Morgan fingerprint density at radius 3 is 2.76 bits per heavy atom. The molecular weight excluding hydrogens is 210 g/mol. The molecule has 3 heteroatoms. The van der Waals surface area contributed by atoms with Crippen LogP contribution in [0.3, 0.4) is 0 Å². The average Bonchev–Trinajstić information content (AvgIpc) is 2.32. The summed E-state index contributed by atoms with van der Waals surface area (Å²) >= 11 is 0. The maximum atomic E-state index is 8.83. The molecule has 1 fully saturated rings. The largest absolute Gasteiger partial charge is 0.367 e. The number of nitrogens with one attached hydrogen (secondary N) is 1. The Balaban J connectivity index is 1.96. The Morgan fingerprint density at radius 1 is 1.41 bits per heavy atom. The molecule has 1 heterocycles. The van der Waals surface area contributed by atoms with Crippen molar-refractivity contribution in [1.82, 2.24) is 4.98 Å². The van der Waals surface area contributed by atoms with Gasteiger partial charge in [-0.25, -0.2) is 4.98 Å². The predicted octanol–water partition coefficient (Wildman–Crippen LogP) is 3.33. The molecule has 0 atom stereocenters. The minimum absolute atomic E-state index is 0.486. The Labute approximate surface area is 103 Å². The molecule has 0 radical (unpaired) electrons. The second-order valence-electron chi connectivity index (χ2n) is 5.62. The van der Waals surface area contributed by atoms with Gasteiger partial charge in [-0.05, 0) is 43.2 Å². The van der Waals surface area contributed by atoms with Gasteiger partial charge in [0.25, 0.3) is 0 Å². The predicted molar refractivity (Wildman–Crippen MR) is 68.6 cm³/mol. The maximum absolute atomic E-state index is 8.83. The minimum atomic E-state index is 0.486. The van der Waals surface area contributed by atoms with Crippen LogP contribution >= 0.6 is 0 Å². The van der Waals surface area contributed by atoms with Crippen molar-refractivity contribution in [3.63, 3.8) is 0 Å². The number of aromatic nitrogens is 1. The standard InChI is InChI=1S/C14H19N3/c1-14(2)6-3-12(4-7-14)17-13-9-11(10-15)5-8-16-13/h5,8-9,12H,3-4,6-7H2,1-2H3,(H,16,17). The number of rotatable bonds is 2. The first-order valence-corrected chi connectivity index (χ1v) is 6.22.